The van der Waals surface area contributed by atoms with Crippen molar-refractivity contribution in [2.24, 2.45) is 0 Å². The van der Waals surface area contributed by atoms with Crippen molar-refractivity contribution in [2.45, 2.75) is 32.1 Å². The van der Waals surface area contributed by atoms with E-state index >= 15 is 0 Å². The van der Waals surface area contributed by atoms with Gasteiger partial charge in [0.1, 0.15) is 12.2 Å². The molecule has 1 aliphatic heterocycles. The number of rotatable bonds is 3. The van der Waals surface area contributed by atoms with Crippen molar-refractivity contribution in [1.82, 2.24) is 9.88 Å². The van der Waals surface area contributed by atoms with Gasteiger partial charge in [-0.1, -0.05) is 12.1 Å². The molecule has 0 bridgehead atoms. The number of benzene rings is 1. The summed E-state index contributed by atoms with van der Waals surface area (Å²) in [6.45, 7) is 6.73. The highest BCUT2D eigenvalue weighted by Gasteiger charge is 2.29. The van der Waals surface area contributed by atoms with E-state index in [1.165, 1.54) is 0 Å². The van der Waals surface area contributed by atoms with Gasteiger partial charge in [-0.2, -0.15) is 0 Å². The van der Waals surface area contributed by atoms with Gasteiger partial charge in [0.15, 0.2) is 0 Å². The van der Waals surface area contributed by atoms with Crippen LogP contribution in [0.3, 0.4) is 0 Å². The van der Waals surface area contributed by atoms with Crippen molar-refractivity contribution >= 4 is 10.9 Å². The lowest BCUT2D eigenvalue weighted by atomic mass is 10.0. The van der Waals surface area contributed by atoms with Gasteiger partial charge in [0, 0.05) is 30.7 Å². The summed E-state index contributed by atoms with van der Waals surface area (Å²) < 4.78 is 5.78. The summed E-state index contributed by atoms with van der Waals surface area (Å²) in [7, 11) is 0. The Morgan fingerprint density at radius 2 is 2.19 bits per heavy atom. The van der Waals surface area contributed by atoms with Crippen LogP contribution in [0.1, 0.15) is 25.5 Å². The molecule has 1 N–H and O–H groups in total. The largest absolute Gasteiger partial charge is 0.386 e. The number of nitrogens with zero attached hydrogens (tertiary/aromatic N) is 2. The quantitative estimate of drug-likeness (QED) is 0.941. The minimum Gasteiger partial charge on any atom is -0.386 e. The SMILES string of the molecule is CC(C)N1CCOC(C(O)c2ccc3ncccc3c2)C1. The molecule has 0 aliphatic carbocycles. The van der Waals surface area contributed by atoms with Crippen molar-refractivity contribution in [3.8, 4) is 0 Å². The van der Waals surface area contributed by atoms with E-state index in [4.69, 9.17) is 4.74 Å². The molecule has 0 saturated carbocycles. The van der Waals surface area contributed by atoms with E-state index in [0.717, 1.165) is 29.6 Å². The van der Waals surface area contributed by atoms with Gasteiger partial charge in [-0.05, 0) is 37.6 Å². The van der Waals surface area contributed by atoms with Crippen LogP contribution in [0.4, 0.5) is 0 Å². The summed E-state index contributed by atoms with van der Waals surface area (Å²) in [5.41, 5.74) is 1.84. The third-order valence-electron chi connectivity index (χ3n) is 4.18. The van der Waals surface area contributed by atoms with Crippen LogP contribution in [0.15, 0.2) is 36.5 Å². The van der Waals surface area contributed by atoms with E-state index in [1.807, 2.05) is 30.3 Å². The Morgan fingerprint density at radius 3 is 3.00 bits per heavy atom. The van der Waals surface area contributed by atoms with E-state index < -0.39 is 6.10 Å². The van der Waals surface area contributed by atoms with Gasteiger partial charge in [0.25, 0.3) is 0 Å². The lowest BCUT2D eigenvalue weighted by molar-refractivity contribution is -0.0961. The first-order chi connectivity index (χ1) is 10.1. The number of hydrogen-bond acceptors (Lipinski definition) is 4. The van der Waals surface area contributed by atoms with Gasteiger partial charge in [-0.25, -0.2) is 0 Å². The molecule has 2 unspecified atom stereocenters. The molecule has 4 nitrogen and oxygen atoms in total. The highest BCUT2D eigenvalue weighted by molar-refractivity contribution is 5.79. The van der Waals surface area contributed by atoms with Gasteiger partial charge < -0.3 is 9.84 Å². The van der Waals surface area contributed by atoms with Crippen LogP contribution in [-0.4, -0.2) is 46.8 Å². The summed E-state index contributed by atoms with van der Waals surface area (Å²) in [6, 6.07) is 10.3. The molecule has 1 saturated heterocycles. The maximum atomic E-state index is 10.6. The lowest BCUT2D eigenvalue weighted by Crippen LogP contribution is -2.47. The molecule has 0 amide bonds. The van der Waals surface area contributed by atoms with Crippen LogP contribution < -0.4 is 0 Å². The van der Waals surface area contributed by atoms with Crippen molar-refractivity contribution in [2.75, 3.05) is 19.7 Å². The first-order valence-electron chi connectivity index (χ1n) is 7.53. The molecule has 2 atom stereocenters. The van der Waals surface area contributed by atoms with Crippen LogP contribution in [0.2, 0.25) is 0 Å². The molecular formula is C17H22N2O2. The van der Waals surface area contributed by atoms with Crippen LogP contribution in [0.5, 0.6) is 0 Å². The molecule has 0 radical (unpaired) electrons. The summed E-state index contributed by atoms with van der Waals surface area (Å²) in [4.78, 5) is 6.66. The van der Waals surface area contributed by atoms with Crippen molar-refractivity contribution in [3.05, 3.63) is 42.1 Å². The molecule has 2 aromatic rings. The summed E-state index contributed by atoms with van der Waals surface area (Å²) in [6.07, 6.45) is 1.01. The number of morpholine rings is 1. The monoisotopic (exact) mass is 286 g/mol. The summed E-state index contributed by atoms with van der Waals surface area (Å²) in [5, 5.41) is 11.7. The van der Waals surface area contributed by atoms with Crippen LogP contribution in [-0.2, 0) is 4.74 Å². The number of ether oxygens (including phenoxy) is 1. The maximum Gasteiger partial charge on any atom is 0.106 e. The Morgan fingerprint density at radius 1 is 1.33 bits per heavy atom. The summed E-state index contributed by atoms with van der Waals surface area (Å²) in [5.74, 6) is 0. The molecule has 1 aromatic heterocycles. The molecule has 1 aromatic carbocycles. The zero-order valence-corrected chi connectivity index (χ0v) is 12.6. The van der Waals surface area contributed by atoms with E-state index in [1.54, 1.807) is 6.20 Å². The van der Waals surface area contributed by atoms with Gasteiger partial charge in [0.05, 0.1) is 12.1 Å². The Bertz CT molecular complexity index is 615. The molecule has 4 heteroatoms. The first-order valence-corrected chi connectivity index (χ1v) is 7.53. The molecule has 0 spiro atoms. The molecule has 1 fully saturated rings. The fourth-order valence-corrected chi connectivity index (χ4v) is 2.85. The fraction of sp³-hybridized carbons (Fsp3) is 0.471. The van der Waals surface area contributed by atoms with Crippen LogP contribution >= 0.6 is 0 Å². The number of aliphatic hydroxyl groups is 1. The standard InChI is InChI=1S/C17H22N2O2/c1-12(2)19-8-9-21-16(11-19)17(20)14-5-6-15-13(10-14)4-3-7-18-15/h3-7,10,12,16-17,20H,8-9,11H2,1-2H3. The van der Waals surface area contributed by atoms with Gasteiger partial charge in [-0.15, -0.1) is 0 Å². The second-order valence-electron chi connectivity index (χ2n) is 5.90. The minimum atomic E-state index is -0.601. The average molecular weight is 286 g/mol. The zero-order chi connectivity index (χ0) is 14.8. The van der Waals surface area contributed by atoms with E-state index in [9.17, 15) is 5.11 Å². The van der Waals surface area contributed by atoms with E-state index in [-0.39, 0.29) is 6.10 Å². The van der Waals surface area contributed by atoms with Crippen molar-refractivity contribution in [1.29, 1.82) is 0 Å². The molecule has 112 valence electrons. The number of aromatic nitrogens is 1. The maximum absolute atomic E-state index is 10.6. The first kappa shape index (κ1) is 14.4. The topological polar surface area (TPSA) is 45.6 Å². The minimum absolute atomic E-state index is 0.171. The number of aliphatic hydroxyl groups excluding tert-OH is 1. The van der Waals surface area contributed by atoms with Crippen molar-refractivity contribution in [3.63, 3.8) is 0 Å². The molecule has 2 heterocycles. The Balaban J connectivity index is 1.81. The fourth-order valence-electron chi connectivity index (χ4n) is 2.85. The predicted molar refractivity (Wildman–Crippen MR) is 83.2 cm³/mol. The number of hydrogen-bond donors (Lipinski definition) is 1. The predicted octanol–water partition coefficient (Wildman–Crippen LogP) is 2.38. The van der Waals surface area contributed by atoms with Gasteiger partial charge >= 0.3 is 0 Å². The molecular weight excluding hydrogens is 264 g/mol. The lowest BCUT2D eigenvalue weighted by Gasteiger charge is -2.37. The summed E-state index contributed by atoms with van der Waals surface area (Å²) >= 11 is 0. The number of fused-ring (bicyclic) bond motifs is 1. The Kier molecular flexibility index (Phi) is 4.19. The smallest absolute Gasteiger partial charge is 0.106 e. The van der Waals surface area contributed by atoms with E-state index in [0.29, 0.717) is 12.6 Å². The second kappa shape index (κ2) is 6.10. The Hall–Kier alpha value is -1.49. The van der Waals surface area contributed by atoms with Gasteiger partial charge in [0.2, 0.25) is 0 Å². The van der Waals surface area contributed by atoms with E-state index in [2.05, 4.69) is 23.7 Å². The van der Waals surface area contributed by atoms with Crippen molar-refractivity contribution < 1.29 is 9.84 Å². The zero-order valence-electron chi connectivity index (χ0n) is 12.6. The van der Waals surface area contributed by atoms with Crippen LogP contribution in [0, 0.1) is 0 Å². The molecule has 21 heavy (non-hydrogen) atoms. The van der Waals surface area contributed by atoms with Crippen LogP contribution in [0.25, 0.3) is 10.9 Å². The average Bonchev–Trinajstić information content (AvgIpc) is 2.53. The highest BCUT2D eigenvalue weighted by atomic mass is 16.5. The third kappa shape index (κ3) is 3.07. The third-order valence-corrected chi connectivity index (χ3v) is 4.18. The second-order valence-corrected chi connectivity index (χ2v) is 5.90. The molecule has 1 aliphatic rings. The van der Waals surface area contributed by atoms with Gasteiger partial charge in [-0.3, -0.25) is 9.88 Å². The normalized spacial score (nSPS) is 21.8. The molecule has 3 rings (SSSR count). The Labute approximate surface area is 125 Å². The highest BCUT2D eigenvalue weighted by Crippen LogP contribution is 2.25. The number of pyridine rings is 1.